The number of carbonyl (C=O) groups is 2. The Balaban J connectivity index is 2.01. The maximum absolute atomic E-state index is 11.3. The number of benzene rings is 1. The van der Waals surface area contributed by atoms with Crippen molar-refractivity contribution in [2.24, 2.45) is 0 Å². The first kappa shape index (κ1) is 17.4. The molecule has 2 atom stereocenters. The number of ether oxygens (including phenoxy) is 3. The van der Waals surface area contributed by atoms with Crippen LogP contribution in [0.4, 0.5) is 0 Å². The average Bonchev–Trinajstić information content (AvgIpc) is 2.56. The van der Waals surface area contributed by atoms with Crippen molar-refractivity contribution in [2.75, 3.05) is 32.9 Å². The molecule has 8 heteroatoms. The Hall–Kier alpha value is -2.00. The molecule has 1 aliphatic heterocycles. The molecule has 0 radical (unpaired) electrons. The molecule has 0 aromatic heterocycles. The Morgan fingerprint density at radius 2 is 2.09 bits per heavy atom. The van der Waals surface area contributed by atoms with Crippen LogP contribution in [0, 0.1) is 0 Å². The first-order valence-corrected chi connectivity index (χ1v) is 7.15. The van der Waals surface area contributed by atoms with E-state index in [0.29, 0.717) is 13.2 Å². The number of morpholine rings is 1. The largest absolute Gasteiger partial charge is 0.473 e. The van der Waals surface area contributed by atoms with Gasteiger partial charge in [-0.25, -0.2) is 9.59 Å². The maximum Gasteiger partial charge on any atom is 0.420 e. The van der Waals surface area contributed by atoms with Crippen molar-refractivity contribution in [1.29, 1.82) is 0 Å². The summed E-state index contributed by atoms with van der Waals surface area (Å²) in [6.45, 7) is 1.70. The van der Waals surface area contributed by atoms with Crippen molar-refractivity contribution in [1.82, 2.24) is 5.32 Å². The first-order chi connectivity index (χ1) is 11.0. The number of rotatable bonds is 6. The molecule has 0 bridgehead atoms. The molecular weight excluding hydrogens is 306 g/mol. The lowest BCUT2D eigenvalue weighted by atomic mass is 10.1. The fourth-order valence-electron chi connectivity index (χ4n) is 2.12. The van der Waals surface area contributed by atoms with Crippen LogP contribution in [0.1, 0.15) is 5.56 Å². The second-order valence-electron chi connectivity index (χ2n) is 5.06. The van der Waals surface area contributed by atoms with Gasteiger partial charge in [-0.15, -0.1) is 0 Å². The van der Waals surface area contributed by atoms with E-state index in [2.05, 4.69) is 5.32 Å². The summed E-state index contributed by atoms with van der Waals surface area (Å²) in [5.41, 5.74) is 0.220. The van der Waals surface area contributed by atoms with E-state index in [1.165, 1.54) is 12.1 Å². The highest BCUT2D eigenvalue weighted by molar-refractivity contribution is 6.28. The molecule has 8 nitrogen and oxygen atoms in total. The van der Waals surface area contributed by atoms with Crippen LogP contribution >= 0.6 is 0 Å². The Kier molecular flexibility index (Phi) is 6.05. The lowest BCUT2D eigenvalue weighted by Crippen LogP contribution is -2.43. The summed E-state index contributed by atoms with van der Waals surface area (Å²) in [6, 6.07) is 7.99. The Morgan fingerprint density at radius 3 is 2.70 bits per heavy atom. The van der Waals surface area contributed by atoms with E-state index < -0.39 is 24.3 Å². The molecule has 0 saturated carbocycles. The standard InChI is InChI=1S/C15H19NO7/c17-13(18)14(19)23-15(20,11-4-2-1-3-5-11)10-21-9-12-8-16-6-7-22-12/h1-5,12,16,20H,6-10H2,(H,17,18). The van der Waals surface area contributed by atoms with E-state index in [1.807, 2.05) is 0 Å². The number of esters is 1. The van der Waals surface area contributed by atoms with Gasteiger partial charge < -0.3 is 29.7 Å². The van der Waals surface area contributed by atoms with Crippen LogP contribution in [0.25, 0.3) is 0 Å². The van der Waals surface area contributed by atoms with E-state index in [9.17, 15) is 14.7 Å². The monoisotopic (exact) mass is 325 g/mol. The fraction of sp³-hybridized carbons (Fsp3) is 0.467. The zero-order valence-electron chi connectivity index (χ0n) is 12.4. The van der Waals surface area contributed by atoms with Gasteiger partial charge in [0.2, 0.25) is 0 Å². The van der Waals surface area contributed by atoms with Crippen LogP contribution in [0.3, 0.4) is 0 Å². The molecule has 1 aliphatic rings. The topological polar surface area (TPSA) is 114 Å². The van der Waals surface area contributed by atoms with Crippen molar-refractivity contribution in [3.8, 4) is 0 Å². The van der Waals surface area contributed by atoms with Crippen molar-refractivity contribution >= 4 is 11.9 Å². The molecule has 0 spiro atoms. The normalized spacial score (nSPS) is 20.5. The number of aliphatic hydroxyl groups is 1. The van der Waals surface area contributed by atoms with Gasteiger partial charge in [0.25, 0.3) is 5.79 Å². The number of carbonyl (C=O) groups excluding carboxylic acids is 1. The van der Waals surface area contributed by atoms with Gasteiger partial charge >= 0.3 is 11.9 Å². The molecule has 3 N–H and O–H groups in total. The fourth-order valence-corrected chi connectivity index (χ4v) is 2.12. The lowest BCUT2D eigenvalue weighted by molar-refractivity contribution is -0.239. The van der Waals surface area contributed by atoms with Crippen LogP contribution in [-0.4, -0.2) is 61.2 Å². The van der Waals surface area contributed by atoms with Crippen LogP contribution in [0.2, 0.25) is 0 Å². The van der Waals surface area contributed by atoms with Crippen molar-refractivity contribution in [3.05, 3.63) is 35.9 Å². The third-order valence-corrected chi connectivity index (χ3v) is 3.27. The molecule has 2 rings (SSSR count). The van der Waals surface area contributed by atoms with Crippen molar-refractivity contribution in [2.45, 2.75) is 11.9 Å². The van der Waals surface area contributed by atoms with Gasteiger partial charge in [0.05, 0.1) is 19.3 Å². The lowest BCUT2D eigenvalue weighted by Gasteiger charge is -2.29. The number of nitrogens with one attached hydrogen (secondary N) is 1. The molecule has 2 unspecified atom stereocenters. The van der Waals surface area contributed by atoms with E-state index in [-0.39, 0.29) is 18.3 Å². The van der Waals surface area contributed by atoms with Gasteiger partial charge in [0, 0.05) is 18.7 Å². The van der Waals surface area contributed by atoms with Crippen LogP contribution in [0.15, 0.2) is 30.3 Å². The van der Waals surface area contributed by atoms with Gasteiger partial charge in [0.1, 0.15) is 6.61 Å². The van der Waals surface area contributed by atoms with Gasteiger partial charge in [-0.2, -0.15) is 0 Å². The predicted molar refractivity (Wildman–Crippen MR) is 77.5 cm³/mol. The van der Waals surface area contributed by atoms with Crippen molar-refractivity contribution in [3.63, 3.8) is 0 Å². The molecular formula is C15H19NO7. The molecule has 0 aliphatic carbocycles. The molecule has 1 aromatic carbocycles. The highest BCUT2D eigenvalue weighted by Crippen LogP contribution is 2.23. The third kappa shape index (κ3) is 5.00. The van der Waals surface area contributed by atoms with Gasteiger partial charge in [-0.05, 0) is 0 Å². The quantitative estimate of drug-likeness (QED) is 0.363. The molecule has 1 heterocycles. The van der Waals surface area contributed by atoms with Gasteiger partial charge in [0.15, 0.2) is 0 Å². The minimum atomic E-state index is -2.18. The molecule has 0 amide bonds. The van der Waals surface area contributed by atoms with E-state index in [1.54, 1.807) is 18.2 Å². The van der Waals surface area contributed by atoms with Crippen molar-refractivity contribution < 1.29 is 34.0 Å². The summed E-state index contributed by atoms with van der Waals surface area (Å²) in [4.78, 5) is 22.0. The minimum Gasteiger partial charge on any atom is -0.473 e. The van der Waals surface area contributed by atoms with E-state index in [0.717, 1.165) is 6.54 Å². The first-order valence-electron chi connectivity index (χ1n) is 7.15. The summed E-state index contributed by atoms with van der Waals surface area (Å²) in [6.07, 6.45) is -0.182. The average molecular weight is 325 g/mol. The van der Waals surface area contributed by atoms with E-state index in [4.69, 9.17) is 19.3 Å². The Labute approximate surface area is 133 Å². The molecule has 1 aromatic rings. The third-order valence-electron chi connectivity index (χ3n) is 3.27. The highest BCUT2D eigenvalue weighted by atomic mass is 16.7. The second-order valence-corrected chi connectivity index (χ2v) is 5.06. The number of hydrogen-bond acceptors (Lipinski definition) is 7. The van der Waals surface area contributed by atoms with Crippen LogP contribution in [-0.2, 0) is 29.6 Å². The number of carboxylic acid groups (broad SMARTS) is 1. The summed E-state index contributed by atoms with van der Waals surface area (Å²) < 4.78 is 15.5. The smallest absolute Gasteiger partial charge is 0.420 e. The maximum atomic E-state index is 11.3. The van der Waals surface area contributed by atoms with Gasteiger partial charge in [-0.3, -0.25) is 0 Å². The highest BCUT2D eigenvalue weighted by Gasteiger charge is 2.36. The SMILES string of the molecule is O=C(O)C(=O)OC(O)(COCC1CNCCO1)c1ccccc1. The molecule has 23 heavy (non-hydrogen) atoms. The zero-order valence-corrected chi connectivity index (χ0v) is 12.4. The van der Waals surface area contributed by atoms with Gasteiger partial charge in [-0.1, -0.05) is 30.3 Å². The van der Waals surface area contributed by atoms with Crippen LogP contribution in [0.5, 0.6) is 0 Å². The van der Waals surface area contributed by atoms with E-state index >= 15 is 0 Å². The minimum absolute atomic E-state index is 0.173. The summed E-state index contributed by atoms with van der Waals surface area (Å²) in [5, 5.41) is 22.3. The summed E-state index contributed by atoms with van der Waals surface area (Å²) in [7, 11) is 0. The van der Waals surface area contributed by atoms with Crippen LogP contribution < -0.4 is 5.32 Å². The number of hydrogen-bond donors (Lipinski definition) is 3. The number of aliphatic carboxylic acids is 1. The molecule has 126 valence electrons. The predicted octanol–water partition coefficient (Wildman–Crippen LogP) is -0.535. The number of carboxylic acids is 1. The Morgan fingerprint density at radius 1 is 1.35 bits per heavy atom. The summed E-state index contributed by atoms with van der Waals surface area (Å²) >= 11 is 0. The molecule has 1 fully saturated rings. The Bertz CT molecular complexity index is 530. The summed E-state index contributed by atoms with van der Waals surface area (Å²) in [5.74, 6) is -5.53. The zero-order chi connectivity index (χ0) is 16.7. The molecule has 1 saturated heterocycles. The second kappa shape index (κ2) is 8.02.